The van der Waals surface area contributed by atoms with Crippen LogP contribution in [0.25, 0.3) is 0 Å². The lowest BCUT2D eigenvalue weighted by Crippen LogP contribution is -2.11. The molecule has 2 aromatic rings. The van der Waals surface area contributed by atoms with Crippen LogP contribution in [0.3, 0.4) is 0 Å². The van der Waals surface area contributed by atoms with Gasteiger partial charge in [-0.3, -0.25) is 4.98 Å². The van der Waals surface area contributed by atoms with E-state index >= 15 is 0 Å². The number of ether oxygens (including phenoxy) is 1. The molecule has 0 radical (unpaired) electrons. The highest BCUT2D eigenvalue weighted by atomic mass is 79.9. The van der Waals surface area contributed by atoms with Gasteiger partial charge in [-0.15, -0.1) is 0 Å². The number of aromatic nitrogens is 1. The van der Waals surface area contributed by atoms with E-state index in [4.69, 9.17) is 22.7 Å². The third-order valence-corrected chi connectivity index (χ3v) is 3.05. The molecule has 1 aromatic carbocycles. The van der Waals surface area contributed by atoms with Crippen LogP contribution in [-0.4, -0.2) is 9.97 Å². The molecule has 0 unspecified atom stereocenters. The molecule has 1 heterocycles. The molecule has 0 aliphatic heterocycles. The molecule has 0 bridgehead atoms. The van der Waals surface area contributed by atoms with Crippen molar-refractivity contribution in [2.45, 2.75) is 6.92 Å². The Kier molecular flexibility index (Phi) is 3.93. The van der Waals surface area contributed by atoms with Gasteiger partial charge in [0.2, 0.25) is 0 Å². The number of aryl methyl sites for hydroxylation is 1. The molecule has 0 saturated heterocycles. The molecule has 0 amide bonds. The van der Waals surface area contributed by atoms with Crippen LogP contribution >= 0.6 is 28.1 Å². The number of thiocarbonyl (C=S) groups is 1. The normalized spacial score (nSPS) is 10.1. The lowest BCUT2D eigenvalue weighted by Gasteiger charge is -2.09. The van der Waals surface area contributed by atoms with Gasteiger partial charge < -0.3 is 10.5 Å². The largest absolute Gasteiger partial charge is 0.457 e. The minimum absolute atomic E-state index is 0.257. The van der Waals surface area contributed by atoms with Crippen molar-refractivity contribution in [1.29, 1.82) is 0 Å². The van der Waals surface area contributed by atoms with Crippen molar-refractivity contribution < 1.29 is 4.74 Å². The van der Waals surface area contributed by atoms with Gasteiger partial charge in [0.05, 0.1) is 0 Å². The summed E-state index contributed by atoms with van der Waals surface area (Å²) in [6, 6.07) is 9.32. The number of rotatable bonds is 3. The van der Waals surface area contributed by atoms with Gasteiger partial charge in [0.1, 0.15) is 22.2 Å². The van der Waals surface area contributed by atoms with Crippen LogP contribution in [0.15, 0.2) is 41.0 Å². The number of hydrogen-bond donors (Lipinski definition) is 1. The molecule has 3 nitrogen and oxygen atoms in total. The van der Waals surface area contributed by atoms with E-state index in [-0.39, 0.29) is 4.99 Å². The molecule has 5 heteroatoms. The number of nitrogens with zero attached hydrogens (tertiary/aromatic N) is 1. The molecule has 1 aromatic heterocycles. The molecule has 0 atom stereocenters. The summed E-state index contributed by atoms with van der Waals surface area (Å²) < 4.78 is 6.80. The fraction of sp³-hybridized carbons (Fsp3) is 0.0769. The monoisotopic (exact) mass is 322 g/mol. The van der Waals surface area contributed by atoms with Crippen LogP contribution in [0.1, 0.15) is 11.3 Å². The van der Waals surface area contributed by atoms with Gasteiger partial charge in [0, 0.05) is 16.7 Å². The van der Waals surface area contributed by atoms with Crippen molar-refractivity contribution in [1.82, 2.24) is 4.98 Å². The topological polar surface area (TPSA) is 48.1 Å². The number of nitrogens with two attached hydrogens (primary N) is 1. The van der Waals surface area contributed by atoms with Crippen molar-refractivity contribution >= 4 is 33.1 Å². The van der Waals surface area contributed by atoms with Crippen LogP contribution in [0.4, 0.5) is 0 Å². The lowest BCUT2D eigenvalue weighted by atomic mass is 10.2. The average Bonchev–Trinajstić information content (AvgIpc) is 2.33. The highest BCUT2D eigenvalue weighted by molar-refractivity contribution is 9.10. The molecular weight excluding hydrogens is 312 g/mol. The Balaban J connectivity index is 2.28. The van der Waals surface area contributed by atoms with Crippen LogP contribution < -0.4 is 10.5 Å². The Morgan fingerprint density at radius 2 is 2.11 bits per heavy atom. The van der Waals surface area contributed by atoms with Gasteiger partial charge in [0.15, 0.2) is 0 Å². The Bertz CT molecular complexity index is 601. The van der Waals surface area contributed by atoms with Gasteiger partial charge >= 0.3 is 0 Å². The Hall–Kier alpha value is -1.46. The van der Waals surface area contributed by atoms with Crippen LogP contribution in [0, 0.1) is 6.92 Å². The van der Waals surface area contributed by atoms with E-state index in [1.807, 2.05) is 25.1 Å². The van der Waals surface area contributed by atoms with E-state index in [1.165, 1.54) is 0 Å². The van der Waals surface area contributed by atoms with Crippen molar-refractivity contribution in [3.8, 4) is 11.5 Å². The van der Waals surface area contributed by atoms with E-state index in [0.717, 1.165) is 15.8 Å². The molecule has 18 heavy (non-hydrogen) atoms. The molecule has 92 valence electrons. The first-order valence-electron chi connectivity index (χ1n) is 5.26. The summed E-state index contributed by atoms with van der Waals surface area (Å²) in [5, 5.41) is 0. The van der Waals surface area contributed by atoms with E-state index in [9.17, 15) is 0 Å². The highest BCUT2D eigenvalue weighted by Gasteiger charge is 2.04. The predicted molar refractivity (Wildman–Crippen MR) is 79.1 cm³/mol. The number of pyridine rings is 1. The molecule has 2 N–H and O–H groups in total. The fourth-order valence-electron chi connectivity index (χ4n) is 1.46. The zero-order chi connectivity index (χ0) is 13.1. The highest BCUT2D eigenvalue weighted by Crippen LogP contribution is 2.27. The quantitative estimate of drug-likeness (QED) is 0.877. The summed E-state index contributed by atoms with van der Waals surface area (Å²) in [7, 11) is 0. The maximum atomic E-state index is 5.78. The van der Waals surface area contributed by atoms with E-state index in [0.29, 0.717) is 11.4 Å². The smallest absolute Gasteiger partial charge is 0.131 e. The van der Waals surface area contributed by atoms with Crippen molar-refractivity contribution in [2.24, 2.45) is 5.73 Å². The molecule has 0 spiro atoms. The Morgan fingerprint density at radius 3 is 2.78 bits per heavy atom. The second-order valence-corrected chi connectivity index (χ2v) is 5.11. The minimum atomic E-state index is 0.257. The minimum Gasteiger partial charge on any atom is -0.457 e. The third kappa shape index (κ3) is 3.05. The van der Waals surface area contributed by atoms with E-state index < -0.39 is 0 Å². The Labute approximate surface area is 119 Å². The van der Waals surface area contributed by atoms with Crippen molar-refractivity contribution in [2.75, 3.05) is 0 Å². The van der Waals surface area contributed by atoms with Crippen LogP contribution in [-0.2, 0) is 0 Å². The molecule has 0 fully saturated rings. The standard InChI is InChI=1S/C13H11BrN2OS/c1-8-6-9(14)2-3-12(8)17-10-4-5-16-11(7-10)13(15)18/h2-7H,1H3,(H2,15,18). The van der Waals surface area contributed by atoms with E-state index in [2.05, 4.69) is 20.9 Å². The first kappa shape index (κ1) is 13.0. The molecule has 0 aliphatic rings. The molecule has 0 aliphatic carbocycles. The zero-order valence-electron chi connectivity index (χ0n) is 9.68. The average molecular weight is 323 g/mol. The van der Waals surface area contributed by atoms with E-state index in [1.54, 1.807) is 18.3 Å². The van der Waals surface area contributed by atoms with Gasteiger partial charge in [-0.25, -0.2) is 0 Å². The maximum Gasteiger partial charge on any atom is 0.131 e. The zero-order valence-corrected chi connectivity index (χ0v) is 12.1. The van der Waals surface area contributed by atoms with Crippen LogP contribution in [0.2, 0.25) is 0 Å². The molecule has 0 saturated carbocycles. The van der Waals surface area contributed by atoms with Gasteiger partial charge in [0.25, 0.3) is 0 Å². The third-order valence-electron chi connectivity index (χ3n) is 2.35. The predicted octanol–water partition coefficient (Wildman–Crippen LogP) is 3.58. The lowest BCUT2D eigenvalue weighted by molar-refractivity contribution is 0.478. The number of hydrogen-bond acceptors (Lipinski definition) is 3. The van der Waals surface area contributed by atoms with Gasteiger partial charge in [-0.05, 0) is 36.8 Å². The summed E-state index contributed by atoms with van der Waals surface area (Å²) in [5.74, 6) is 1.46. The SMILES string of the molecule is Cc1cc(Br)ccc1Oc1ccnc(C(N)=S)c1. The van der Waals surface area contributed by atoms with Crippen LogP contribution in [0.5, 0.6) is 11.5 Å². The Morgan fingerprint density at radius 1 is 1.33 bits per heavy atom. The van der Waals surface area contributed by atoms with Gasteiger partial charge in [-0.1, -0.05) is 28.1 Å². The fourth-order valence-corrected chi connectivity index (χ4v) is 2.05. The summed E-state index contributed by atoms with van der Waals surface area (Å²) >= 11 is 8.30. The first-order valence-corrected chi connectivity index (χ1v) is 6.46. The van der Waals surface area contributed by atoms with Crippen molar-refractivity contribution in [3.05, 3.63) is 52.3 Å². The second-order valence-electron chi connectivity index (χ2n) is 3.75. The van der Waals surface area contributed by atoms with Gasteiger partial charge in [-0.2, -0.15) is 0 Å². The summed E-state index contributed by atoms with van der Waals surface area (Å²) in [6.07, 6.45) is 1.62. The summed E-state index contributed by atoms with van der Waals surface area (Å²) in [5.41, 5.74) is 7.13. The molecular formula is C13H11BrN2OS. The first-order chi connectivity index (χ1) is 8.56. The molecule has 2 rings (SSSR count). The van der Waals surface area contributed by atoms with Crippen molar-refractivity contribution in [3.63, 3.8) is 0 Å². The summed E-state index contributed by atoms with van der Waals surface area (Å²) in [4.78, 5) is 4.32. The number of benzene rings is 1. The summed E-state index contributed by atoms with van der Waals surface area (Å²) in [6.45, 7) is 1.98. The maximum absolute atomic E-state index is 5.78. The number of halogens is 1. The second kappa shape index (κ2) is 5.46.